The first-order chi connectivity index (χ1) is 19.3. The van der Waals surface area contributed by atoms with E-state index in [-0.39, 0.29) is 11.7 Å². The highest BCUT2D eigenvalue weighted by atomic mass is 19.4. The molecule has 1 aromatic heterocycles. The maximum Gasteiger partial charge on any atom is 0.573 e. The summed E-state index contributed by atoms with van der Waals surface area (Å²) in [6.45, 7) is 3.45. The number of imidazole rings is 1. The monoisotopic (exact) mass is 554 g/mol. The van der Waals surface area contributed by atoms with Crippen molar-refractivity contribution in [2.45, 2.75) is 58.4 Å². The second-order valence-corrected chi connectivity index (χ2v) is 9.32. The van der Waals surface area contributed by atoms with Crippen molar-refractivity contribution in [3.05, 3.63) is 78.4 Å². The third-order valence-corrected chi connectivity index (χ3v) is 6.39. The fraction of sp³-hybridized carbons (Fsp3) is 0.355. The van der Waals surface area contributed by atoms with Crippen molar-refractivity contribution in [2.75, 3.05) is 13.2 Å². The van der Waals surface area contributed by atoms with Crippen LogP contribution in [0, 0.1) is 0 Å². The van der Waals surface area contributed by atoms with Crippen molar-refractivity contribution < 1.29 is 32.2 Å². The minimum Gasteiger partial charge on any atom is -0.493 e. The number of carbonyl (C=O) groups excluding carboxylic acids is 1. The first kappa shape index (κ1) is 29.0. The number of unbranched alkanes of at least 4 members (excludes halogenated alkanes) is 2. The van der Waals surface area contributed by atoms with Crippen LogP contribution in [0.25, 0.3) is 22.4 Å². The van der Waals surface area contributed by atoms with Crippen molar-refractivity contribution in [3.63, 3.8) is 0 Å². The summed E-state index contributed by atoms with van der Waals surface area (Å²) in [7, 11) is 0. The predicted octanol–water partition coefficient (Wildman–Crippen LogP) is 7.74. The average Bonchev–Trinajstić information content (AvgIpc) is 3.29. The molecule has 0 saturated heterocycles. The van der Waals surface area contributed by atoms with Crippen LogP contribution < -0.4 is 9.47 Å². The van der Waals surface area contributed by atoms with E-state index < -0.39 is 6.36 Å². The van der Waals surface area contributed by atoms with Gasteiger partial charge in [0.25, 0.3) is 0 Å². The van der Waals surface area contributed by atoms with Gasteiger partial charge in [0.15, 0.2) is 0 Å². The van der Waals surface area contributed by atoms with Crippen molar-refractivity contribution >= 4 is 17.0 Å². The van der Waals surface area contributed by atoms with Gasteiger partial charge in [0.1, 0.15) is 17.3 Å². The third-order valence-electron chi connectivity index (χ3n) is 6.39. The highest BCUT2D eigenvalue weighted by molar-refractivity contribution is 5.80. The number of aromatic nitrogens is 2. The molecule has 212 valence electrons. The zero-order chi connectivity index (χ0) is 28.4. The number of hydrogen-bond donors (Lipinski definition) is 0. The van der Waals surface area contributed by atoms with E-state index in [0.717, 1.165) is 54.5 Å². The lowest BCUT2D eigenvalue weighted by atomic mass is 10.1. The lowest BCUT2D eigenvalue weighted by Gasteiger charge is -2.13. The Morgan fingerprint density at radius 2 is 1.65 bits per heavy atom. The third kappa shape index (κ3) is 8.24. The van der Waals surface area contributed by atoms with Gasteiger partial charge < -0.3 is 18.8 Å². The Balaban J connectivity index is 1.38. The lowest BCUT2D eigenvalue weighted by Crippen LogP contribution is -2.16. The minimum absolute atomic E-state index is 0.157. The Morgan fingerprint density at radius 1 is 0.900 bits per heavy atom. The van der Waals surface area contributed by atoms with E-state index >= 15 is 0 Å². The van der Waals surface area contributed by atoms with Crippen LogP contribution in [0.5, 0.6) is 11.5 Å². The number of alkyl halides is 3. The van der Waals surface area contributed by atoms with E-state index in [0.29, 0.717) is 37.6 Å². The molecule has 0 radical (unpaired) electrons. The Kier molecular flexibility index (Phi) is 10.0. The van der Waals surface area contributed by atoms with E-state index in [1.165, 1.54) is 12.1 Å². The van der Waals surface area contributed by atoms with E-state index in [4.69, 9.17) is 14.5 Å². The van der Waals surface area contributed by atoms with Crippen LogP contribution in [-0.4, -0.2) is 35.1 Å². The fourth-order valence-corrected chi connectivity index (χ4v) is 4.57. The minimum atomic E-state index is -4.74. The Bertz CT molecular complexity index is 1380. The average molecular weight is 555 g/mol. The van der Waals surface area contributed by atoms with Crippen molar-refractivity contribution in [1.82, 2.24) is 9.55 Å². The number of benzene rings is 3. The van der Waals surface area contributed by atoms with Gasteiger partial charge >= 0.3 is 12.3 Å². The Labute approximate surface area is 231 Å². The molecular weight excluding hydrogens is 521 g/mol. The standard InChI is InChI=1S/C31H33F3N2O4/c1-2-38-29(37)16-4-3-9-22-39-28-15-8-5-11-23(28)12-10-21-36-27-14-7-6-13-26(27)35-30(36)24-17-19-25(20-18-24)40-31(32,33)34/h5-8,11,13-15,17-20H,2-4,9-10,12,16,21-22H2,1H3. The first-order valence-corrected chi connectivity index (χ1v) is 13.5. The molecule has 6 nitrogen and oxygen atoms in total. The number of hydrogen-bond acceptors (Lipinski definition) is 5. The van der Waals surface area contributed by atoms with Gasteiger partial charge in [0.05, 0.1) is 24.2 Å². The number of ether oxygens (including phenoxy) is 3. The normalized spacial score (nSPS) is 11.5. The van der Waals surface area contributed by atoms with Gasteiger partial charge in [-0.3, -0.25) is 4.79 Å². The van der Waals surface area contributed by atoms with Crippen LogP contribution in [0.2, 0.25) is 0 Å². The molecule has 40 heavy (non-hydrogen) atoms. The summed E-state index contributed by atoms with van der Waals surface area (Å²) in [5.74, 6) is 1.11. The molecule has 0 spiro atoms. The summed E-state index contributed by atoms with van der Waals surface area (Å²) < 4.78 is 54.9. The van der Waals surface area contributed by atoms with E-state index in [9.17, 15) is 18.0 Å². The van der Waals surface area contributed by atoms with Gasteiger partial charge in [-0.1, -0.05) is 30.3 Å². The van der Waals surface area contributed by atoms with Gasteiger partial charge in [0.2, 0.25) is 0 Å². The number of aryl methyl sites for hydroxylation is 2. The van der Waals surface area contributed by atoms with Gasteiger partial charge in [-0.2, -0.15) is 0 Å². The van der Waals surface area contributed by atoms with Crippen LogP contribution in [-0.2, 0) is 22.5 Å². The molecule has 0 N–H and O–H groups in total. The zero-order valence-electron chi connectivity index (χ0n) is 22.5. The number of fused-ring (bicyclic) bond motifs is 1. The first-order valence-electron chi connectivity index (χ1n) is 13.5. The fourth-order valence-electron chi connectivity index (χ4n) is 4.57. The van der Waals surface area contributed by atoms with E-state index in [1.54, 1.807) is 19.1 Å². The highest BCUT2D eigenvalue weighted by Gasteiger charge is 2.31. The largest absolute Gasteiger partial charge is 0.573 e. The molecule has 0 aliphatic heterocycles. The van der Waals surface area contributed by atoms with Crippen molar-refractivity contribution in [1.29, 1.82) is 0 Å². The topological polar surface area (TPSA) is 62.6 Å². The number of rotatable bonds is 14. The molecule has 0 aliphatic carbocycles. The van der Waals surface area contributed by atoms with Crippen molar-refractivity contribution in [3.8, 4) is 22.9 Å². The summed E-state index contributed by atoms with van der Waals surface area (Å²) in [4.78, 5) is 16.2. The maximum absolute atomic E-state index is 12.6. The number of carbonyl (C=O) groups is 1. The lowest BCUT2D eigenvalue weighted by molar-refractivity contribution is -0.274. The van der Waals surface area contributed by atoms with E-state index in [2.05, 4.69) is 15.4 Å². The van der Waals surface area contributed by atoms with E-state index in [1.807, 2.05) is 42.5 Å². The molecule has 0 bridgehead atoms. The molecule has 0 atom stereocenters. The van der Waals surface area contributed by atoms with Crippen LogP contribution in [0.15, 0.2) is 72.8 Å². The Morgan fingerprint density at radius 3 is 2.42 bits per heavy atom. The molecule has 0 fully saturated rings. The molecule has 1 heterocycles. The second kappa shape index (κ2) is 13.9. The van der Waals surface area contributed by atoms with Crippen LogP contribution in [0.4, 0.5) is 13.2 Å². The molecule has 0 unspecified atom stereocenters. The molecule has 0 saturated carbocycles. The highest BCUT2D eigenvalue weighted by Crippen LogP contribution is 2.29. The maximum atomic E-state index is 12.6. The molecule has 9 heteroatoms. The molecule has 3 aromatic carbocycles. The quantitative estimate of drug-likeness (QED) is 0.118. The molecule has 4 aromatic rings. The van der Waals surface area contributed by atoms with Crippen LogP contribution in [0.3, 0.4) is 0 Å². The van der Waals surface area contributed by atoms with Gasteiger partial charge in [-0.05, 0) is 87.1 Å². The molecule has 0 aliphatic rings. The van der Waals surface area contributed by atoms with Crippen molar-refractivity contribution in [2.24, 2.45) is 0 Å². The summed E-state index contributed by atoms with van der Waals surface area (Å²) in [5, 5.41) is 0. The number of esters is 1. The summed E-state index contributed by atoms with van der Waals surface area (Å²) in [5.41, 5.74) is 3.59. The SMILES string of the molecule is CCOC(=O)CCCCCOc1ccccc1CCCn1c(-c2ccc(OC(F)(F)F)cc2)nc2ccccc21. The summed E-state index contributed by atoms with van der Waals surface area (Å²) >= 11 is 0. The van der Waals surface area contributed by atoms with Gasteiger partial charge in [-0.25, -0.2) is 4.98 Å². The molecule has 0 amide bonds. The zero-order valence-corrected chi connectivity index (χ0v) is 22.5. The molecule has 4 rings (SSSR count). The summed E-state index contributed by atoms with van der Waals surface area (Å²) in [6, 6.07) is 21.5. The summed E-state index contributed by atoms with van der Waals surface area (Å²) in [6.07, 6.45) is -0.194. The predicted molar refractivity (Wildman–Crippen MR) is 147 cm³/mol. The molecular formula is C31H33F3N2O4. The number of nitrogens with zero attached hydrogens (tertiary/aromatic N) is 2. The number of para-hydroxylation sites is 3. The smallest absolute Gasteiger partial charge is 0.493 e. The Hall–Kier alpha value is -4.01. The second-order valence-electron chi connectivity index (χ2n) is 9.32. The van der Waals surface area contributed by atoms with Crippen LogP contribution >= 0.6 is 0 Å². The van der Waals surface area contributed by atoms with Gasteiger partial charge in [-0.15, -0.1) is 13.2 Å². The van der Waals surface area contributed by atoms with Gasteiger partial charge in [0, 0.05) is 18.5 Å². The number of halogens is 3. The van der Waals surface area contributed by atoms with Crippen LogP contribution in [0.1, 0.15) is 44.6 Å².